The zero-order valence-corrected chi connectivity index (χ0v) is 12.3. The highest BCUT2D eigenvalue weighted by Gasteiger charge is 2.54. The first-order chi connectivity index (χ1) is 8.87. The number of hydrogen-bond donors (Lipinski definition) is 0. The van der Waals surface area contributed by atoms with Crippen LogP contribution in [0.15, 0.2) is 29.2 Å². The third-order valence-electron chi connectivity index (χ3n) is 3.36. The second kappa shape index (κ2) is 4.99. The van der Waals surface area contributed by atoms with Gasteiger partial charge in [-0.05, 0) is 31.4 Å². The van der Waals surface area contributed by atoms with E-state index in [2.05, 4.69) is 19.8 Å². The fourth-order valence-corrected chi connectivity index (χ4v) is 4.04. The molecule has 1 fully saturated rings. The molecule has 0 saturated carbocycles. The van der Waals surface area contributed by atoms with Gasteiger partial charge in [-0.15, -0.1) is 6.42 Å². The van der Waals surface area contributed by atoms with Gasteiger partial charge >= 0.3 is 0 Å². The summed E-state index contributed by atoms with van der Waals surface area (Å²) in [6.45, 7) is 6.07. The van der Waals surface area contributed by atoms with Crippen molar-refractivity contribution in [2.24, 2.45) is 5.92 Å². The van der Waals surface area contributed by atoms with E-state index in [1.165, 1.54) is 4.31 Å². The van der Waals surface area contributed by atoms with Crippen molar-refractivity contribution in [3.05, 3.63) is 29.8 Å². The normalized spacial score (nSPS) is 26.2. The molecule has 4 heteroatoms. The summed E-state index contributed by atoms with van der Waals surface area (Å²) >= 11 is 0. The smallest absolute Gasteiger partial charge is 0.207 e. The molecule has 3 nitrogen and oxygen atoms in total. The predicted molar refractivity (Wildman–Crippen MR) is 76.1 cm³/mol. The standard InChI is InChI=1S/C15H19NO2S/c1-5-14-15(10-11(2)3)16(14)19(17,18)13-8-6-12(4)7-9-13/h1,6-9,11,14-15H,10H2,2-4H3/t14-,15-,16?/m0/s1. The Morgan fingerprint density at radius 1 is 1.32 bits per heavy atom. The molecule has 1 aromatic rings. The van der Waals surface area contributed by atoms with Crippen LogP contribution in [0.3, 0.4) is 0 Å². The molecule has 1 heterocycles. The van der Waals surface area contributed by atoms with Crippen LogP contribution in [0.5, 0.6) is 0 Å². The van der Waals surface area contributed by atoms with Gasteiger partial charge in [0, 0.05) is 0 Å². The molecule has 0 amide bonds. The molecule has 0 spiro atoms. The van der Waals surface area contributed by atoms with Crippen LogP contribution < -0.4 is 0 Å². The maximum Gasteiger partial charge on any atom is 0.244 e. The van der Waals surface area contributed by atoms with Crippen LogP contribution in [-0.4, -0.2) is 24.8 Å². The van der Waals surface area contributed by atoms with Crippen molar-refractivity contribution in [3.8, 4) is 12.3 Å². The minimum absolute atomic E-state index is 0.0451. The Labute approximate surface area is 115 Å². The van der Waals surface area contributed by atoms with Gasteiger partial charge in [-0.3, -0.25) is 0 Å². The molecule has 1 saturated heterocycles. The van der Waals surface area contributed by atoms with E-state index in [1.54, 1.807) is 24.3 Å². The van der Waals surface area contributed by atoms with E-state index in [1.807, 2.05) is 6.92 Å². The molecule has 1 aliphatic rings. The van der Waals surface area contributed by atoms with Gasteiger partial charge in [0.25, 0.3) is 0 Å². The summed E-state index contributed by atoms with van der Waals surface area (Å²) in [5.41, 5.74) is 1.04. The molecular weight excluding hydrogens is 258 g/mol. The second-order valence-electron chi connectivity index (χ2n) is 5.46. The summed E-state index contributed by atoms with van der Waals surface area (Å²) in [6, 6.07) is 6.56. The molecule has 0 bridgehead atoms. The first kappa shape index (κ1) is 14.1. The van der Waals surface area contributed by atoms with E-state index in [0.717, 1.165) is 12.0 Å². The van der Waals surface area contributed by atoms with Crippen LogP contribution >= 0.6 is 0 Å². The van der Waals surface area contributed by atoms with Gasteiger partial charge < -0.3 is 0 Å². The number of hydrogen-bond acceptors (Lipinski definition) is 2. The topological polar surface area (TPSA) is 37.1 Å². The number of rotatable bonds is 4. The minimum atomic E-state index is -3.45. The van der Waals surface area contributed by atoms with Crippen LogP contribution in [0, 0.1) is 25.2 Å². The molecule has 0 radical (unpaired) electrons. The van der Waals surface area contributed by atoms with E-state index < -0.39 is 10.0 Å². The third kappa shape index (κ3) is 2.68. The van der Waals surface area contributed by atoms with Crippen molar-refractivity contribution in [3.63, 3.8) is 0 Å². The van der Waals surface area contributed by atoms with Crippen LogP contribution in [0.2, 0.25) is 0 Å². The zero-order valence-electron chi connectivity index (χ0n) is 11.5. The fraction of sp³-hybridized carbons (Fsp3) is 0.467. The molecule has 1 unspecified atom stereocenters. The van der Waals surface area contributed by atoms with Gasteiger partial charge in [0.05, 0.1) is 10.9 Å². The van der Waals surface area contributed by atoms with Crippen LogP contribution in [0.25, 0.3) is 0 Å². The van der Waals surface area contributed by atoms with Gasteiger partial charge in [0.15, 0.2) is 0 Å². The van der Waals surface area contributed by atoms with E-state index in [-0.39, 0.29) is 12.1 Å². The van der Waals surface area contributed by atoms with E-state index in [9.17, 15) is 8.42 Å². The molecule has 2 rings (SSSR count). The van der Waals surface area contributed by atoms with Crippen LogP contribution in [-0.2, 0) is 10.0 Å². The lowest BCUT2D eigenvalue weighted by Crippen LogP contribution is -2.16. The molecule has 3 atom stereocenters. The monoisotopic (exact) mass is 277 g/mol. The number of nitrogens with zero attached hydrogens (tertiary/aromatic N) is 1. The Balaban J connectivity index is 2.26. The SMILES string of the molecule is C#C[C@H]1[C@H](CC(C)C)N1S(=O)(=O)c1ccc(C)cc1. The molecule has 1 aromatic carbocycles. The van der Waals surface area contributed by atoms with Gasteiger partial charge in [-0.1, -0.05) is 37.5 Å². The molecule has 1 aliphatic heterocycles. The van der Waals surface area contributed by atoms with Gasteiger partial charge in [0.1, 0.15) is 6.04 Å². The lowest BCUT2D eigenvalue weighted by molar-refractivity contribution is 0.515. The Morgan fingerprint density at radius 2 is 1.89 bits per heavy atom. The van der Waals surface area contributed by atoms with Gasteiger partial charge in [0.2, 0.25) is 10.0 Å². The van der Waals surface area contributed by atoms with Crippen molar-refractivity contribution >= 4 is 10.0 Å². The van der Waals surface area contributed by atoms with Crippen LogP contribution in [0.1, 0.15) is 25.8 Å². The molecule has 19 heavy (non-hydrogen) atoms. The van der Waals surface area contributed by atoms with Gasteiger partial charge in [-0.25, -0.2) is 8.42 Å². The molecular formula is C15H19NO2S. The Hall–Kier alpha value is -1.31. The summed E-state index contributed by atoms with van der Waals surface area (Å²) in [5, 5.41) is 0. The van der Waals surface area contributed by atoms with Crippen molar-refractivity contribution in [2.45, 2.75) is 44.2 Å². The van der Waals surface area contributed by atoms with Crippen LogP contribution in [0.4, 0.5) is 0 Å². The Bertz CT molecular complexity index is 596. The Morgan fingerprint density at radius 3 is 2.37 bits per heavy atom. The average Bonchev–Trinajstić information content (AvgIpc) is 3.02. The van der Waals surface area contributed by atoms with Crippen molar-refractivity contribution in [1.29, 1.82) is 0 Å². The lowest BCUT2D eigenvalue weighted by atomic mass is 10.1. The summed E-state index contributed by atoms with van der Waals surface area (Å²) in [5.74, 6) is 3.01. The summed E-state index contributed by atoms with van der Waals surface area (Å²) < 4.78 is 26.5. The highest BCUT2D eigenvalue weighted by atomic mass is 32.2. The quantitative estimate of drug-likeness (QED) is 0.626. The van der Waals surface area contributed by atoms with Gasteiger partial charge in [-0.2, -0.15) is 4.31 Å². The fourth-order valence-electron chi connectivity index (χ4n) is 2.32. The maximum atomic E-state index is 12.5. The number of benzene rings is 1. The summed E-state index contributed by atoms with van der Waals surface area (Å²) in [7, 11) is -3.45. The van der Waals surface area contributed by atoms with Crippen molar-refractivity contribution < 1.29 is 8.42 Å². The summed E-state index contributed by atoms with van der Waals surface area (Å²) in [4.78, 5) is 0.324. The van der Waals surface area contributed by atoms with E-state index in [4.69, 9.17) is 6.42 Å². The van der Waals surface area contributed by atoms with Crippen molar-refractivity contribution in [1.82, 2.24) is 4.31 Å². The lowest BCUT2D eigenvalue weighted by Gasteiger charge is -2.07. The molecule has 0 N–H and O–H groups in total. The number of terminal acetylenes is 1. The maximum absolute atomic E-state index is 12.5. The first-order valence-electron chi connectivity index (χ1n) is 6.44. The average molecular weight is 277 g/mol. The minimum Gasteiger partial charge on any atom is -0.207 e. The molecule has 102 valence electrons. The molecule has 0 aromatic heterocycles. The first-order valence-corrected chi connectivity index (χ1v) is 7.88. The van der Waals surface area contributed by atoms with E-state index >= 15 is 0 Å². The largest absolute Gasteiger partial charge is 0.244 e. The summed E-state index contributed by atoms with van der Waals surface area (Å²) in [6.07, 6.45) is 6.24. The molecule has 0 aliphatic carbocycles. The predicted octanol–water partition coefficient (Wildman–Crippen LogP) is 2.42. The highest BCUT2D eigenvalue weighted by molar-refractivity contribution is 7.89. The number of aryl methyl sites for hydroxylation is 1. The zero-order chi connectivity index (χ0) is 14.2. The third-order valence-corrected chi connectivity index (χ3v) is 5.28. The van der Waals surface area contributed by atoms with E-state index in [0.29, 0.717) is 10.8 Å². The Kier molecular flexibility index (Phi) is 3.71. The highest BCUT2D eigenvalue weighted by Crippen LogP contribution is 2.39. The number of sulfonamides is 1. The second-order valence-corrected chi connectivity index (χ2v) is 7.30. The van der Waals surface area contributed by atoms with Crippen molar-refractivity contribution in [2.75, 3.05) is 0 Å².